The molecule has 2 saturated carbocycles. The Bertz CT molecular complexity index is 783. The van der Waals surface area contributed by atoms with Crippen LogP contribution in [0.3, 0.4) is 0 Å². The lowest BCUT2D eigenvalue weighted by molar-refractivity contribution is -0.154. The van der Waals surface area contributed by atoms with E-state index in [1.165, 1.54) is 24.5 Å². The van der Waals surface area contributed by atoms with Gasteiger partial charge < -0.3 is 9.47 Å². The summed E-state index contributed by atoms with van der Waals surface area (Å²) in [6.45, 7) is 5.47. The van der Waals surface area contributed by atoms with E-state index < -0.39 is 0 Å². The van der Waals surface area contributed by atoms with Crippen molar-refractivity contribution in [2.24, 2.45) is 17.3 Å². The number of hydrogen-bond acceptors (Lipinski definition) is 4. The van der Waals surface area contributed by atoms with Crippen LogP contribution in [0, 0.1) is 17.3 Å². The Morgan fingerprint density at radius 1 is 1.11 bits per heavy atom. The zero-order valence-electron chi connectivity index (χ0n) is 16.8. The van der Waals surface area contributed by atoms with Crippen LogP contribution in [0.5, 0.6) is 5.75 Å². The summed E-state index contributed by atoms with van der Waals surface area (Å²) >= 11 is 0. The standard InChI is InChI=1S/C23H30O4/c1-13(24)18-12-19-15(11-21(18)26-4)5-6-17-16(19)9-10-23(3)20(17)7-8-22(23)27-14(2)25/h11-12,16-17,20,22H,5-10H2,1-4H3/t16-,17-,20-,22-,23+/m1/s1. The summed E-state index contributed by atoms with van der Waals surface area (Å²) in [7, 11) is 1.64. The number of ketones is 1. The average Bonchev–Trinajstić information content (AvgIpc) is 2.96. The largest absolute Gasteiger partial charge is 0.496 e. The van der Waals surface area contributed by atoms with Gasteiger partial charge in [0.2, 0.25) is 0 Å². The van der Waals surface area contributed by atoms with Crippen molar-refractivity contribution >= 4 is 11.8 Å². The van der Waals surface area contributed by atoms with Gasteiger partial charge in [0.05, 0.1) is 12.7 Å². The summed E-state index contributed by atoms with van der Waals surface area (Å²) in [5, 5.41) is 0. The lowest BCUT2D eigenvalue weighted by atomic mass is 9.55. The molecule has 1 aromatic rings. The van der Waals surface area contributed by atoms with Crippen molar-refractivity contribution in [1.82, 2.24) is 0 Å². The Kier molecular flexibility index (Phi) is 4.56. The number of ether oxygens (including phenoxy) is 2. The molecule has 4 nitrogen and oxygen atoms in total. The first-order valence-electron chi connectivity index (χ1n) is 10.2. The van der Waals surface area contributed by atoms with Crippen molar-refractivity contribution in [1.29, 1.82) is 0 Å². The van der Waals surface area contributed by atoms with Crippen molar-refractivity contribution in [3.8, 4) is 5.75 Å². The van der Waals surface area contributed by atoms with E-state index in [0.29, 0.717) is 29.1 Å². The van der Waals surface area contributed by atoms with Crippen molar-refractivity contribution in [2.45, 2.75) is 71.3 Å². The third kappa shape index (κ3) is 2.88. The van der Waals surface area contributed by atoms with Crippen molar-refractivity contribution in [3.63, 3.8) is 0 Å². The second kappa shape index (κ2) is 6.65. The fourth-order valence-corrected chi connectivity index (χ4v) is 6.39. The molecule has 0 spiro atoms. The van der Waals surface area contributed by atoms with Gasteiger partial charge in [0.1, 0.15) is 11.9 Å². The zero-order valence-corrected chi connectivity index (χ0v) is 16.8. The van der Waals surface area contributed by atoms with E-state index in [0.717, 1.165) is 32.1 Å². The van der Waals surface area contributed by atoms with Crippen LogP contribution in [0.25, 0.3) is 0 Å². The second-order valence-electron chi connectivity index (χ2n) is 8.94. The normalized spacial score (nSPS) is 34.2. The highest BCUT2D eigenvalue weighted by molar-refractivity contribution is 5.97. The molecule has 0 radical (unpaired) electrons. The third-order valence-corrected chi connectivity index (χ3v) is 7.65. The highest BCUT2D eigenvalue weighted by atomic mass is 16.5. The predicted molar refractivity (Wildman–Crippen MR) is 103 cm³/mol. The summed E-state index contributed by atoms with van der Waals surface area (Å²) in [5.41, 5.74) is 3.50. The summed E-state index contributed by atoms with van der Waals surface area (Å²) in [6, 6.07) is 4.20. The van der Waals surface area contributed by atoms with Gasteiger partial charge >= 0.3 is 5.97 Å². The van der Waals surface area contributed by atoms with Crippen LogP contribution in [-0.2, 0) is 16.0 Å². The first-order valence-corrected chi connectivity index (χ1v) is 10.2. The molecule has 0 saturated heterocycles. The highest BCUT2D eigenvalue weighted by Gasteiger charge is 2.56. The van der Waals surface area contributed by atoms with Gasteiger partial charge in [0.25, 0.3) is 0 Å². The maximum absolute atomic E-state index is 12.1. The minimum Gasteiger partial charge on any atom is -0.496 e. The number of hydrogen-bond donors (Lipinski definition) is 0. The molecular formula is C23H30O4. The Hall–Kier alpha value is -1.84. The van der Waals surface area contributed by atoms with E-state index in [9.17, 15) is 9.59 Å². The smallest absolute Gasteiger partial charge is 0.302 e. The molecule has 0 aromatic heterocycles. The Morgan fingerprint density at radius 2 is 1.89 bits per heavy atom. The summed E-state index contributed by atoms with van der Waals surface area (Å²) in [4.78, 5) is 23.7. The minimum absolute atomic E-state index is 0.0611. The van der Waals surface area contributed by atoms with Crippen LogP contribution in [0.2, 0.25) is 0 Å². The predicted octanol–water partition coefficient (Wildman–Crippen LogP) is 4.69. The van der Waals surface area contributed by atoms with Gasteiger partial charge in [-0.3, -0.25) is 9.59 Å². The third-order valence-electron chi connectivity index (χ3n) is 7.65. The van der Waals surface area contributed by atoms with Gasteiger partial charge in [0.15, 0.2) is 5.78 Å². The highest BCUT2D eigenvalue weighted by Crippen LogP contribution is 2.61. The van der Waals surface area contributed by atoms with Crippen molar-refractivity contribution < 1.29 is 19.1 Å². The molecule has 0 unspecified atom stereocenters. The van der Waals surface area contributed by atoms with E-state index in [-0.39, 0.29) is 23.3 Å². The first kappa shape index (κ1) is 18.5. The number of aryl methyl sites for hydroxylation is 1. The number of rotatable bonds is 3. The molecule has 3 aliphatic rings. The number of carbonyl (C=O) groups excluding carboxylic acids is 2. The molecule has 0 bridgehead atoms. The van der Waals surface area contributed by atoms with Gasteiger partial charge in [-0.15, -0.1) is 0 Å². The zero-order chi connectivity index (χ0) is 19.3. The molecule has 1 aromatic carbocycles. The number of methoxy groups -OCH3 is 1. The quantitative estimate of drug-likeness (QED) is 0.572. The number of esters is 1. The first-order chi connectivity index (χ1) is 12.8. The fraction of sp³-hybridized carbons (Fsp3) is 0.652. The van der Waals surface area contributed by atoms with Gasteiger partial charge in [0, 0.05) is 12.3 Å². The van der Waals surface area contributed by atoms with Crippen molar-refractivity contribution in [3.05, 3.63) is 28.8 Å². The summed E-state index contributed by atoms with van der Waals surface area (Å²) in [6.07, 6.45) is 6.58. The maximum Gasteiger partial charge on any atom is 0.302 e. The molecule has 3 aliphatic carbocycles. The summed E-state index contributed by atoms with van der Waals surface area (Å²) in [5.74, 6) is 2.33. The number of fused-ring (bicyclic) bond motifs is 5. The van der Waals surface area contributed by atoms with Gasteiger partial charge in [-0.25, -0.2) is 0 Å². The average molecular weight is 370 g/mol. The van der Waals surface area contributed by atoms with Crippen LogP contribution >= 0.6 is 0 Å². The molecule has 0 N–H and O–H groups in total. The maximum atomic E-state index is 12.1. The van der Waals surface area contributed by atoms with Crippen molar-refractivity contribution in [2.75, 3.05) is 7.11 Å². The molecule has 4 heteroatoms. The minimum atomic E-state index is -0.156. The molecule has 27 heavy (non-hydrogen) atoms. The van der Waals surface area contributed by atoms with Crippen LogP contribution in [0.1, 0.15) is 80.3 Å². The van der Waals surface area contributed by atoms with E-state index in [1.807, 2.05) is 0 Å². The van der Waals surface area contributed by atoms with Crippen LogP contribution in [0.15, 0.2) is 12.1 Å². The van der Waals surface area contributed by atoms with Crippen LogP contribution in [0.4, 0.5) is 0 Å². The van der Waals surface area contributed by atoms with E-state index in [4.69, 9.17) is 9.47 Å². The monoisotopic (exact) mass is 370 g/mol. The van der Waals surface area contributed by atoms with Crippen LogP contribution < -0.4 is 4.74 Å². The second-order valence-corrected chi connectivity index (χ2v) is 8.94. The van der Waals surface area contributed by atoms with Gasteiger partial charge in [-0.05, 0) is 86.5 Å². The van der Waals surface area contributed by atoms with Crippen LogP contribution in [-0.4, -0.2) is 25.0 Å². The number of Topliss-reactive ketones (excluding diaryl/α,β-unsaturated/α-hetero) is 1. The van der Waals surface area contributed by atoms with E-state index in [2.05, 4.69) is 19.1 Å². The Morgan fingerprint density at radius 3 is 2.56 bits per heavy atom. The van der Waals surface area contributed by atoms with E-state index in [1.54, 1.807) is 14.0 Å². The Labute approximate surface area is 161 Å². The SMILES string of the molecule is COc1cc2c(cc1C(C)=O)[C@@H]1CC[C@@]3(C)[C@H](CC[C@H]3OC(C)=O)[C@@H]1CC2. The lowest BCUT2D eigenvalue weighted by Crippen LogP contribution is -2.45. The molecular weight excluding hydrogens is 340 g/mol. The van der Waals surface area contributed by atoms with Gasteiger partial charge in [-0.2, -0.15) is 0 Å². The molecule has 146 valence electrons. The topological polar surface area (TPSA) is 52.6 Å². The molecule has 4 rings (SSSR count). The fourth-order valence-electron chi connectivity index (χ4n) is 6.39. The lowest BCUT2D eigenvalue weighted by Gasteiger charge is -2.50. The summed E-state index contributed by atoms with van der Waals surface area (Å²) < 4.78 is 11.2. The molecule has 0 heterocycles. The molecule has 0 aliphatic heterocycles. The van der Waals surface area contributed by atoms with E-state index >= 15 is 0 Å². The molecule has 2 fully saturated rings. The number of carbonyl (C=O) groups is 2. The molecule has 5 atom stereocenters. The molecule has 0 amide bonds. The Balaban J connectivity index is 1.67. The number of benzene rings is 1. The van der Waals surface area contributed by atoms with Gasteiger partial charge in [-0.1, -0.05) is 6.92 Å².